The molecule has 4 rings (SSSR count). The standard InChI is InChI=1S/C17H14N2O2S/c1-11(20)21-18-13-9-10-19-14-6-2-3-7-15(14)22-16-8-4-5-12(13)17(16)19/h2-8H,9-10H2,1H3/b18-13-. The topological polar surface area (TPSA) is 41.9 Å². The zero-order valence-electron chi connectivity index (χ0n) is 12.1. The molecule has 2 heterocycles. The lowest BCUT2D eigenvalue weighted by atomic mass is 9.98. The van der Waals surface area contributed by atoms with Gasteiger partial charge < -0.3 is 9.74 Å². The third-order valence-electron chi connectivity index (χ3n) is 3.81. The van der Waals surface area contributed by atoms with Crippen molar-refractivity contribution in [3.05, 3.63) is 48.0 Å². The van der Waals surface area contributed by atoms with E-state index in [9.17, 15) is 4.79 Å². The van der Waals surface area contributed by atoms with Gasteiger partial charge in [-0.05, 0) is 18.2 Å². The number of anilines is 2. The summed E-state index contributed by atoms with van der Waals surface area (Å²) >= 11 is 1.77. The highest BCUT2D eigenvalue weighted by Gasteiger charge is 2.30. The van der Waals surface area contributed by atoms with Crippen molar-refractivity contribution in [3.8, 4) is 0 Å². The molecule has 0 aromatic heterocycles. The van der Waals surface area contributed by atoms with E-state index in [1.807, 2.05) is 12.1 Å². The Morgan fingerprint density at radius 2 is 2.00 bits per heavy atom. The minimum absolute atomic E-state index is 0.389. The number of hydrogen-bond acceptors (Lipinski definition) is 5. The Bertz CT molecular complexity index is 801. The van der Waals surface area contributed by atoms with Gasteiger partial charge in [0, 0.05) is 35.2 Å². The molecule has 4 nitrogen and oxygen atoms in total. The van der Waals surface area contributed by atoms with Crippen molar-refractivity contribution >= 4 is 34.8 Å². The molecule has 0 saturated carbocycles. The number of nitrogens with zero attached hydrogens (tertiary/aromatic N) is 2. The summed E-state index contributed by atoms with van der Waals surface area (Å²) in [6.07, 6.45) is 0.753. The second-order valence-electron chi connectivity index (χ2n) is 5.24. The molecule has 2 aromatic carbocycles. The average Bonchev–Trinajstić information content (AvgIpc) is 2.54. The summed E-state index contributed by atoms with van der Waals surface area (Å²) in [6, 6.07) is 14.6. The van der Waals surface area contributed by atoms with E-state index < -0.39 is 0 Å². The van der Waals surface area contributed by atoms with Gasteiger partial charge in [-0.25, -0.2) is 4.79 Å². The van der Waals surface area contributed by atoms with Crippen LogP contribution in [0.2, 0.25) is 0 Å². The zero-order valence-corrected chi connectivity index (χ0v) is 12.9. The predicted octanol–water partition coefficient (Wildman–Crippen LogP) is 3.96. The number of carbonyl (C=O) groups is 1. The lowest BCUT2D eigenvalue weighted by molar-refractivity contribution is -0.140. The zero-order chi connectivity index (χ0) is 15.1. The van der Waals surface area contributed by atoms with Gasteiger partial charge in [0.25, 0.3) is 0 Å². The number of hydrogen-bond donors (Lipinski definition) is 0. The summed E-state index contributed by atoms with van der Waals surface area (Å²) in [5, 5.41) is 4.05. The summed E-state index contributed by atoms with van der Waals surface area (Å²) in [7, 11) is 0. The number of benzene rings is 2. The lowest BCUT2D eigenvalue weighted by Crippen LogP contribution is -2.31. The van der Waals surface area contributed by atoms with E-state index in [4.69, 9.17) is 4.84 Å². The quantitative estimate of drug-likeness (QED) is 0.590. The van der Waals surface area contributed by atoms with Crippen LogP contribution in [-0.4, -0.2) is 18.2 Å². The first-order valence-corrected chi connectivity index (χ1v) is 7.98. The van der Waals surface area contributed by atoms with Gasteiger partial charge >= 0.3 is 5.97 Å². The van der Waals surface area contributed by atoms with Crippen LogP contribution in [0.3, 0.4) is 0 Å². The minimum Gasteiger partial charge on any atom is -0.339 e. The van der Waals surface area contributed by atoms with Crippen LogP contribution in [0.4, 0.5) is 11.4 Å². The molecule has 2 aliphatic rings. The van der Waals surface area contributed by atoms with E-state index >= 15 is 0 Å². The second-order valence-corrected chi connectivity index (χ2v) is 6.33. The van der Waals surface area contributed by atoms with Gasteiger partial charge in [-0.1, -0.05) is 41.2 Å². The summed E-state index contributed by atoms with van der Waals surface area (Å²) in [6.45, 7) is 2.20. The van der Waals surface area contributed by atoms with Crippen LogP contribution in [0.15, 0.2) is 57.4 Å². The molecule has 22 heavy (non-hydrogen) atoms. The van der Waals surface area contributed by atoms with E-state index in [1.54, 1.807) is 11.8 Å². The fourth-order valence-electron chi connectivity index (χ4n) is 2.92. The molecule has 0 radical (unpaired) electrons. The van der Waals surface area contributed by atoms with Crippen LogP contribution in [0, 0.1) is 0 Å². The first-order valence-electron chi connectivity index (χ1n) is 7.16. The Hall–Kier alpha value is -2.27. The van der Waals surface area contributed by atoms with E-state index in [-0.39, 0.29) is 5.97 Å². The molecule has 0 saturated heterocycles. The molecule has 0 unspecified atom stereocenters. The Kier molecular flexibility index (Phi) is 3.15. The number of para-hydroxylation sites is 2. The highest BCUT2D eigenvalue weighted by atomic mass is 32.2. The molecule has 2 aliphatic heterocycles. The third kappa shape index (κ3) is 2.09. The smallest absolute Gasteiger partial charge is 0.331 e. The summed E-state index contributed by atoms with van der Waals surface area (Å²) in [5.41, 5.74) is 4.29. The lowest BCUT2D eigenvalue weighted by Gasteiger charge is -2.37. The molecular weight excluding hydrogens is 296 g/mol. The highest BCUT2D eigenvalue weighted by molar-refractivity contribution is 7.99. The summed E-state index contributed by atoms with van der Waals surface area (Å²) in [5.74, 6) is -0.389. The monoisotopic (exact) mass is 310 g/mol. The summed E-state index contributed by atoms with van der Waals surface area (Å²) < 4.78 is 0. The molecule has 0 amide bonds. The molecule has 2 aromatic rings. The highest BCUT2D eigenvalue weighted by Crippen LogP contribution is 2.50. The first-order chi connectivity index (χ1) is 10.7. The van der Waals surface area contributed by atoms with Gasteiger partial charge in [-0.2, -0.15) is 0 Å². The van der Waals surface area contributed by atoms with Crippen molar-refractivity contribution in [2.24, 2.45) is 5.16 Å². The molecule has 0 atom stereocenters. The summed E-state index contributed by atoms with van der Waals surface area (Å²) in [4.78, 5) is 20.7. The van der Waals surface area contributed by atoms with E-state index in [2.05, 4.69) is 40.4 Å². The average molecular weight is 310 g/mol. The van der Waals surface area contributed by atoms with Crippen molar-refractivity contribution in [2.75, 3.05) is 11.4 Å². The molecule has 110 valence electrons. The van der Waals surface area contributed by atoms with Crippen LogP contribution in [0.1, 0.15) is 18.9 Å². The second kappa shape index (κ2) is 5.18. The van der Waals surface area contributed by atoms with Gasteiger partial charge in [0.1, 0.15) is 0 Å². The van der Waals surface area contributed by atoms with Gasteiger partial charge in [-0.3, -0.25) is 0 Å². The largest absolute Gasteiger partial charge is 0.339 e. The van der Waals surface area contributed by atoms with Gasteiger partial charge in [0.15, 0.2) is 0 Å². The van der Waals surface area contributed by atoms with Crippen molar-refractivity contribution in [1.82, 2.24) is 0 Å². The maximum absolute atomic E-state index is 11.0. The Morgan fingerprint density at radius 3 is 2.86 bits per heavy atom. The van der Waals surface area contributed by atoms with Gasteiger partial charge in [0.2, 0.25) is 0 Å². The minimum atomic E-state index is -0.389. The fraction of sp³-hybridized carbons (Fsp3) is 0.176. The van der Waals surface area contributed by atoms with Crippen LogP contribution >= 0.6 is 11.8 Å². The normalized spacial score (nSPS) is 17.0. The van der Waals surface area contributed by atoms with E-state index in [0.717, 1.165) is 24.2 Å². The first kappa shape index (κ1) is 13.4. The van der Waals surface area contributed by atoms with Crippen LogP contribution in [-0.2, 0) is 9.63 Å². The number of rotatable bonds is 1. The number of oxime groups is 1. The van der Waals surface area contributed by atoms with Crippen LogP contribution in [0.25, 0.3) is 0 Å². The Balaban J connectivity index is 1.84. The molecule has 0 aliphatic carbocycles. The van der Waals surface area contributed by atoms with Crippen LogP contribution < -0.4 is 4.90 Å². The molecule has 0 N–H and O–H groups in total. The maximum atomic E-state index is 11.0. The van der Waals surface area contributed by atoms with Gasteiger partial charge in [-0.15, -0.1) is 0 Å². The van der Waals surface area contributed by atoms with Crippen molar-refractivity contribution in [1.29, 1.82) is 0 Å². The van der Waals surface area contributed by atoms with Crippen molar-refractivity contribution < 1.29 is 9.63 Å². The molecule has 0 fully saturated rings. The SMILES string of the molecule is CC(=O)O/N=C1/CCN2c3ccccc3Sc3cccc1c32. The molecule has 0 bridgehead atoms. The van der Waals surface area contributed by atoms with Gasteiger partial charge in [0.05, 0.1) is 17.1 Å². The number of carbonyl (C=O) groups excluding carboxylic acids is 1. The van der Waals surface area contributed by atoms with Crippen LogP contribution in [0.5, 0.6) is 0 Å². The molecular formula is C17H14N2O2S. The molecule has 0 spiro atoms. The maximum Gasteiger partial charge on any atom is 0.331 e. The Labute approximate surface area is 132 Å². The fourth-order valence-corrected chi connectivity index (χ4v) is 4.05. The molecule has 5 heteroatoms. The van der Waals surface area contributed by atoms with Crippen molar-refractivity contribution in [2.45, 2.75) is 23.1 Å². The van der Waals surface area contributed by atoms with E-state index in [1.165, 1.54) is 28.1 Å². The third-order valence-corrected chi connectivity index (χ3v) is 4.93. The predicted molar refractivity (Wildman–Crippen MR) is 86.9 cm³/mol. The Morgan fingerprint density at radius 1 is 1.18 bits per heavy atom. The van der Waals surface area contributed by atoms with E-state index in [0.29, 0.717) is 0 Å². The number of fused-ring (bicyclic) bond motifs is 2. The van der Waals surface area contributed by atoms with Crippen molar-refractivity contribution in [3.63, 3.8) is 0 Å².